The molecule has 3 rings (SSSR count). The second-order valence-electron chi connectivity index (χ2n) is 6.07. The molecule has 128 valence electrons. The Balaban J connectivity index is 1.56. The predicted molar refractivity (Wildman–Crippen MR) is 97.7 cm³/mol. The highest BCUT2D eigenvalue weighted by atomic mass is 16.5. The zero-order valence-electron chi connectivity index (χ0n) is 14.0. The molecule has 4 nitrogen and oxygen atoms in total. The average molecular weight is 335 g/mol. The number of aryl methyl sites for hydroxylation is 1. The van der Waals surface area contributed by atoms with Crippen molar-refractivity contribution in [2.24, 2.45) is 0 Å². The number of rotatable bonds is 8. The van der Waals surface area contributed by atoms with Crippen LogP contribution < -0.4 is 4.74 Å². The number of ether oxygens (including phenoxy) is 1. The Morgan fingerprint density at radius 2 is 1.88 bits per heavy atom. The van der Waals surface area contributed by atoms with E-state index < -0.39 is 5.97 Å². The number of nitrogens with zero attached hydrogens (tertiary/aromatic N) is 1. The lowest BCUT2D eigenvalue weighted by molar-refractivity contribution is -0.137. The first kappa shape index (κ1) is 17.0. The summed E-state index contributed by atoms with van der Waals surface area (Å²) in [6, 6.07) is 18.1. The summed E-state index contributed by atoms with van der Waals surface area (Å²) >= 11 is 0. The highest BCUT2D eigenvalue weighted by Crippen LogP contribution is 2.18. The molecule has 1 aromatic heterocycles. The van der Waals surface area contributed by atoms with Crippen LogP contribution in [0.2, 0.25) is 0 Å². The fraction of sp³-hybridized carbons (Fsp3) is 0.238. The van der Waals surface area contributed by atoms with Gasteiger partial charge in [-0.15, -0.1) is 0 Å². The lowest BCUT2D eigenvalue weighted by Gasteiger charge is -2.09. The number of fused-ring (bicyclic) bond motifs is 1. The van der Waals surface area contributed by atoms with Crippen LogP contribution in [-0.4, -0.2) is 16.1 Å². The normalized spacial score (nSPS) is 10.7. The van der Waals surface area contributed by atoms with Crippen molar-refractivity contribution in [3.05, 3.63) is 71.9 Å². The van der Waals surface area contributed by atoms with Gasteiger partial charge in [-0.1, -0.05) is 30.3 Å². The second-order valence-corrected chi connectivity index (χ2v) is 6.07. The maximum absolute atomic E-state index is 10.5. The van der Waals surface area contributed by atoms with Crippen molar-refractivity contribution in [2.75, 3.05) is 0 Å². The summed E-state index contributed by atoms with van der Waals surface area (Å²) in [5.74, 6) is 0.0879. The molecule has 1 heterocycles. The number of unbranched alkanes of at least 4 members (excludes halogenated alkanes) is 1. The van der Waals surface area contributed by atoms with Crippen LogP contribution in [-0.2, 0) is 17.8 Å². The molecule has 0 aliphatic heterocycles. The van der Waals surface area contributed by atoms with Gasteiger partial charge in [0.2, 0.25) is 0 Å². The first-order valence-corrected chi connectivity index (χ1v) is 8.48. The van der Waals surface area contributed by atoms with Gasteiger partial charge in [-0.2, -0.15) is 0 Å². The van der Waals surface area contributed by atoms with Crippen LogP contribution in [0.3, 0.4) is 0 Å². The van der Waals surface area contributed by atoms with Gasteiger partial charge in [-0.05, 0) is 49.1 Å². The highest BCUT2D eigenvalue weighted by Gasteiger charge is 2.02. The number of hydrogen-bond acceptors (Lipinski definition) is 3. The third kappa shape index (κ3) is 5.05. The summed E-state index contributed by atoms with van der Waals surface area (Å²) in [4.78, 5) is 15.0. The van der Waals surface area contributed by atoms with Crippen LogP contribution in [0.4, 0.5) is 0 Å². The van der Waals surface area contributed by atoms with Gasteiger partial charge in [-0.3, -0.25) is 9.78 Å². The number of hydrogen-bond donors (Lipinski definition) is 1. The van der Waals surface area contributed by atoms with Crippen LogP contribution in [0.5, 0.6) is 5.75 Å². The van der Waals surface area contributed by atoms with Crippen LogP contribution in [0.25, 0.3) is 10.9 Å². The fourth-order valence-electron chi connectivity index (χ4n) is 2.76. The van der Waals surface area contributed by atoms with Gasteiger partial charge in [0.1, 0.15) is 12.4 Å². The largest absolute Gasteiger partial charge is 0.489 e. The molecule has 0 saturated heterocycles. The Kier molecular flexibility index (Phi) is 5.62. The minimum atomic E-state index is -0.735. The first-order chi connectivity index (χ1) is 12.2. The van der Waals surface area contributed by atoms with Crippen LogP contribution >= 0.6 is 0 Å². The Labute approximate surface area is 147 Å². The van der Waals surface area contributed by atoms with Crippen molar-refractivity contribution >= 4 is 16.9 Å². The zero-order chi connectivity index (χ0) is 17.5. The molecule has 4 heteroatoms. The van der Waals surface area contributed by atoms with Gasteiger partial charge in [0.25, 0.3) is 0 Å². The maximum atomic E-state index is 10.5. The molecular formula is C21H21NO3. The van der Waals surface area contributed by atoms with E-state index in [1.807, 2.05) is 54.7 Å². The number of carbonyl (C=O) groups is 1. The average Bonchev–Trinajstić information content (AvgIpc) is 2.64. The van der Waals surface area contributed by atoms with E-state index in [0.29, 0.717) is 13.0 Å². The van der Waals surface area contributed by atoms with Crippen molar-refractivity contribution in [3.8, 4) is 5.75 Å². The first-order valence-electron chi connectivity index (χ1n) is 8.48. The molecule has 0 bridgehead atoms. The SMILES string of the molecule is O=C(O)CCCCc1cccc(OCc2cnc3ccccc3c2)c1. The monoisotopic (exact) mass is 335 g/mol. The molecule has 3 aromatic rings. The summed E-state index contributed by atoms with van der Waals surface area (Å²) in [5.41, 5.74) is 3.18. The molecule has 0 aliphatic rings. The van der Waals surface area contributed by atoms with Crippen molar-refractivity contribution < 1.29 is 14.6 Å². The number of pyridine rings is 1. The van der Waals surface area contributed by atoms with Gasteiger partial charge in [0, 0.05) is 23.6 Å². The standard InChI is InChI=1S/C21H21NO3/c23-21(24)11-4-1-6-16-7-5-9-19(13-16)25-15-17-12-18-8-2-3-10-20(18)22-14-17/h2-3,5,7-10,12-14H,1,4,6,11,15H2,(H,23,24). The molecular weight excluding hydrogens is 314 g/mol. The van der Waals surface area contributed by atoms with E-state index in [-0.39, 0.29) is 6.42 Å². The van der Waals surface area contributed by atoms with Gasteiger partial charge < -0.3 is 9.84 Å². The Bertz CT molecular complexity index is 860. The van der Waals surface area contributed by atoms with E-state index in [2.05, 4.69) is 11.1 Å². The van der Waals surface area contributed by atoms with Crippen LogP contribution in [0.15, 0.2) is 60.8 Å². The quantitative estimate of drug-likeness (QED) is 0.611. The molecule has 0 radical (unpaired) electrons. The molecule has 2 aromatic carbocycles. The minimum Gasteiger partial charge on any atom is -0.489 e. The zero-order valence-corrected chi connectivity index (χ0v) is 14.0. The van der Waals surface area contributed by atoms with E-state index in [1.165, 1.54) is 5.56 Å². The van der Waals surface area contributed by atoms with E-state index in [9.17, 15) is 4.79 Å². The number of para-hydroxylation sites is 1. The molecule has 0 atom stereocenters. The van der Waals surface area contributed by atoms with Gasteiger partial charge in [-0.25, -0.2) is 0 Å². The Morgan fingerprint density at radius 3 is 2.76 bits per heavy atom. The molecule has 0 amide bonds. The Hall–Kier alpha value is -2.88. The lowest BCUT2D eigenvalue weighted by atomic mass is 10.1. The minimum absolute atomic E-state index is 0.227. The molecule has 0 unspecified atom stereocenters. The maximum Gasteiger partial charge on any atom is 0.303 e. The van der Waals surface area contributed by atoms with Gasteiger partial charge >= 0.3 is 5.97 Å². The molecule has 0 aliphatic carbocycles. The molecule has 0 fully saturated rings. The number of benzene rings is 2. The molecule has 1 N–H and O–H groups in total. The summed E-state index contributed by atoms with van der Waals surface area (Å²) in [6.45, 7) is 0.473. The van der Waals surface area contributed by atoms with E-state index in [4.69, 9.17) is 9.84 Å². The number of carboxylic acids is 1. The number of aliphatic carboxylic acids is 1. The number of aromatic nitrogens is 1. The molecule has 0 saturated carbocycles. The second kappa shape index (κ2) is 8.29. The highest BCUT2D eigenvalue weighted by molar-refractivity contribution is 5.78. The van der Waals surface area contributed by atoms with Crippen molar-refractivity contribution in [3.63, 3.8) is 0 Å². The molecule has 0 spiro atoms. The summed E-state index contributed by atoms with van der Waals surface area (Å²) in [5, 5.41) is 9.78. The predicted octanol–water partition coefficient (Wildman–Crippen LogP) is 4.61. The number of carboxylic acid groups (broad SMARTS) is 1. The topological polar surface area (TPSA) is 59.4 Å². The smallest absolute Gasteiger partial charge is 0.303 e. The van der Waals surface area contributed by atoms with Crippen LogP contribution in [0.1, 0.15) is 30.4 Å². The Morgan fingerprint density at radius 1 is 1.00 bits per heavy atom. The lowest BCUT2D eigenvalue weighted by Crippen LogP contribution is -1.98. The van der Waals surface area contributed by atoms with E-state index >= 15 is 0 Å². The van der Waals surface area contributed by atoms with E-state index in [1.54, 1.807) is 0 Å². The van der Waals surface area contributed by atoms with Crippen LogP contribution in [0, 0.1) is 0 Å². The third-order valence-electron chi connectivity index (χ3n) is 4.06. The van der Waals surface area contributed by atoms with Crippen molar-refractivity contribution in [1.29, 1.82) is 0 Å². The van der Waals surface area contributed by atoms with Gasteiger partial charge in [0.05, 0.1) is 5.52 Å². The van der Waals surface area contributed by atoms with E-state index in [0.717, 1.165) is 35.1 Å². The summed E-state index contributed by atoms with van der Waals surface area (Å²) in [7, 11) is 0. The van der Waals surface area contributed by atoms with Gasteiger partial charge in [0.15, 0.2) is 0 Å². The summed E-state index contributed by atoms with van der Waals surface area (Å²) in [6.07, 6.45) is 4.50. The fourth-order valence-corrected chi connectivity index (χ4v) is 2.76. The summed E-state index contributed by atoms with van der Waals surface area (Å²) < 4.78 is 5.89. The molecule has 25 heavy (non-hydrogen) atoms. The van der Waals surface area contributed by atoms with Crippen molar-refractivity contribution in [1.82, 2.24) is 4.98 Å². The third-order valence-corrected chi connectivity index (χ3v) is 4.06. The van der Waals surface area contributed by atoms with Crippen molar-refractivity contribution in [2.45, 2.75) is 32.3 Å².